The second-order valence-electron chi connectivity index (χ2n) is 10.1. The molecule has 0 unspecified atom stereocenters. The number of hydrogen-bond acceptors (Lipinski definition) is 4. The Kier molecular flexibility index (Phi) is 8.06. The van der Waals surface area contributed by atoms with Crippen molar-refractivity contribution in [2.24, 2.45) is 5.92 Å². The number of ether oxygens (including phenoxy) is 1. The fourth-order valence-corrected chi connectivity index (χ4v) is 4.91. The van der Waals surface area contributed by atoms with E-state index < -0.39 is 15.9 Å². The number of amides is 1. The van der Waals surface area contributed by atoms with Crippen molar-refractivity contribution in [1.82, 2.24) is 4.72 Å². The van der Waals surface area contributed by atoms with Crippen LogP contribution in [0.25, 0.3) is 11.1 Å². The summed E-state index contributed by atoms with van der Waals surface area (Å²) in [4.78, 5) is 13.2. The van der Waals surface area contributed by atoms with Crippen molar-refractivity contribution >= 4 is 15.9 Å². The summed E-state index contributed by atoms with van der Waals surface area (Å²) < 4.78 is 34.0. The fourth-order valence-electron chi connectivity index (χ4n) is 3.95. The predicted molar refractivity (Wildman–Crippen MR) is 141 cm³/mol. The first-order chi connectivity index (χ1) is 16.4. The molecule has 0 aromatic heterocycles. The summed E-state index contributed by atoms with van der Waals surface area (Å²) in [5.74, 6) is 0.412. The van der Waals surface area contributed by atoms with Gasteiger partial charge in [0.25, 0.3) is 15.9 Å². The van der Waals surface area contributed by atoms with Crippen LogP contribution in [0.2, 0.25) is 0 Å². The molecule has 0 aliphatic rings. The molecule has 0 aliphatic heterocycles. The summed E-state index contributed by atoms with van der Waals surface area (Å²) >= 11 is 0. The molecule has 0 aliphatic carbocycles. The molecule has 186 valence electrons. The number of nitrogens with one attached hydrogen (secondary N) is 1. The lowest BCUT2D eigenvalue weighted by Gasteiger charge is -2.19. The maximum atomic E-state index is 13.2. The monoisotopic (exact) mass is 493 g/mol. The number of para-hydroxylation sites is 1. The molecule has 0 fully saturated rings. The first kappa shape index (κ1) is 26.5. The molecule has 1 amide bonds. The molecule has 35 heavy (non-hydrogen) atoms. The second-order valence-corrected chi connectivity index (χ2v) is 11.8. The van der Waals surface area contributed by atoms with Crippen molar-refractivity contribution in [1.29, 1.82) is 0 Å². The average Bonchev–Trinajstić information content (AvgIpc) is 2.78. The minimum atomic E-state index is -4.01. The van der Waals surface area contributed by atoms with E-state index in [1.807, 2.05) is 43.3 Å². The van der Waals surface area contributed by atoms with Gasteiger partial charge in [0.2, 0.25) is 0 Å². The van der Waals surface area contributed by atoms with Gasteiger partial charge in [-0.05, 0) is 65.6 Å². The Morgan fingerprint density at radius 3 is 2.23 bits per heavy atom. The van der Waals surface area contributed by atoms with Crippen LogP contribution in [0.5, 0.6) is 5.75 Å². The summed E-state index contributed by atoms with van der Waals surface area (Å²) in [6.07, 6.45) is 0.633. The van der Waals surface area contributed by atoms with Gasteiger partial charge >= 0.3 is 0 Å². The zero-order valence-electron chi connectivity index (χ0n) is 21.4. The average molecular weight is 494 g/mol. The van der Waals surface area contributed by atoms with Crippen LogP contribution in [-0.4, -0.2) is 20.9 Å². The van der Waals surface area contributed by atoms with Gasteiger partial charge in [0.15, 0.2) is 0 Å². The molecule has 0 heterocycles. The summed E-state index contributed by atoms with van der Waals surface area (Å²) in [6.45, 7) is 12.8. The Balaban J connectivity index is 1.94. The Morgan fingerprint density at radius 2 is 1.63 bits per heavy atom. The first-order valence-corrected chi connectivity index (χ1v) is 13.4. The molecule has 5 nitrogen and oxygen atoms in total. The zero-order valence-corrected chi connectivity index (χ0v) is 22.2. The molecule has 3 aromatic carbocycles. The number of carbonyl (C=O) groups excluding carboxylic acids is 1. The van der Waals surface area contributed by atoms with Crippen molar-refractivity contribution in [3.05, 3.63) is 83.4 Å². The molecule has 0 spiro atoms. The van der Waals surface area contributed by atoms with E-state index in [0.717, 1.165) is 28.0 Å². The third-order valence-electron chi connectivity index (χ3n) is 5.73. The van der Waals surface area contributed by atoms with Gasteiger partial charge < -0.3 is 4.74 Å². The Labute approximate surface area is 209 Å². The molecule has 0 saturated carbocycles. The van der Waals surface area contributed by atoms with Crippen LogP contribution in [0.1, 0.15) is 63.0 Å². The van der Waals surface area contributed by atoms with Gasteiger partial charge in [-0.2, -0.15) is 0 Å². The van der Waals surface area contributed by atoms with Crippen LogP contribution in [0.3, 0.4) is 0 Å². The molecule has 0 radical (unpaired) electrons. The third-order valence-corrected chi connectivity index (χ3v) is 7.08. The lowest BCUT2D eigenvalue weighted by atomic mass is 9.87. The number of carbonyl (C=O) groups is 1. The summed E-state index contributed by atoms with van der Waals surface area (Å²) in [7, 11) is -4.01. The highest BCUT2D eigenvalue weighted by Crippen LogP contribution is 2.32. The zero-order chi connectivity index (χ0) is 25.8. The Hall–Kier alpha value is -3.12. The quantitative estimate of drug-likeness (QED) is 0.396. The van der Waals surface area contributed by atoms with E-state index in [4.69, 9.17) is 4.74 Å². The van der Waals surface area contributed by atoms with Crippen molar-refractivity contribution in [3.63, 3.8) is 0 Å². The SMILES string of the molecule is CCOc1ccccc1-c1ccc(C(=O)NS(=O)(=O)c2ccc(C(C)(C)C)cc2)c(CC(C)C)c1. The molecular weight excluding hydrogens is 458 g/mol. The van der Waals surface area contributed by atoms with Gasteiger partial charge in [0, 0.05) is 11.1 Å². The van der Waals surface area contributed by atoms with Gasteiger partial charge in [-0.15, -0.1) is 0 Å². The smallest absolute Gasteiger partial charge is 0.265 e. The van der Waals surface area contributed by atoms with E-state index in [2.05, 4.69) is 39.3 Å². The molecule has 0 saturated heterocycles. The molecular formula is C29H35NO4S. The van der Waals surface area contributed by atoms with Gasteiger partial charge in [-0.1, -0.05) is 77.1 Å². The van der Waals surface area contributed by atoms with Crippen molar-refractivity contribution < 1.29 is 17.9 Å². The number of sulfonamides is 1. The molecule has 6 heteroatoms. The predicted octanol–water partition coefficient (Wildman–Crippen LogP) is 6.37. The maximum absolute atomic E-state index is 13.2. The van der Waals surface area contributed by atoms with E-state index in [-0.39, 0.29) is 16.2 Å². The highest BCUT2D eigenvalue weighted by Gasteiger charge is 2.23. The normalized spacial score (nSPS) is 12.0. The van der Waals surface area contributed by atoms with Crippen LogP contribution in [-0.2, 0) is 21.9 Å². The van der Waals surface area contributed by atoms with Crippen LogP contribution in [0, 0.1) is 5.92 Å². The third kappa shape index (κ3) is 6.51. The number of benzene rings is 3. The van der Waals surface area contributed by atoms with Crippen molar-refractivity contribution in [2.45, 2.75) is 58.3 Å². The van der Waals surface area contributed by atoms with E-state index in [1.54, 1.807) is 30.3 Å². The largest absolute Gasteiger partial charge is 0.493 e. The van der Waals surface area contributed by atoms with Gasteiger partial charge in [-0.3, -0.25) is 4.79 Å². The lowest BCUT2D eigenvalue weighted by Crippen LogP contribution is -2.31. The van der Waals surface area contributed by atoms with Crippen LogP contribution in [0.15, 0.2) is 71.6 Å². The first-order valence-electron chi connectivity index (χ1n) is 11.9. The molecule has 0 bridgehead atoms. The van der Waals surface area contributed by atoms with Crippen LogP contribution < -0.4 is 9.46 Å². The van der Waals surface area contributed by atoms with Gasteiger partial charge in [0.05, 0.1) is 11.5 Å². The molecule has 0 atom stereocenters. The highest BCUT2D eigenvalue weighted by molar-refractivity contribution is 7.90. The fraction of sp³-hybridized carbons (Fsp3) is 0.345. The lowest BCUT2D eigenvalue weighted by molar-refractivity contribution is 0.0980. The summed E-state index contributed by atoms with van der Waals surface area (Å²) in [5.41, 5.74) is 3.91. The standard InChI is InChI=1S/C29H35NO4S/c1-7-34-27-11-9-8-10-25(27)21-12-17-26(22(19-21)18-20(2)3)28(31)30-35(32,33)24-15-13-23(14-16-24)29(4,5)6/h8-17,19-20H,7,18H2,1-6H3,(H,30,31). The molecule has 3 rings (SSSR count). The van der Waals surface area contributed by atoms with Crippen LogP contribution in [0.4, 0.5) is 0 Å². The number of hydrogen-bond donors (Lipinski definition) is 1. The Bertz CT molecular complexity index is 1290. The van der Waals surface area contributed by atoms with E-state index >= 15 is 0 Å². The summed E-state index contributed by atoms with van der Waals surface area (Å²) in [6, 6.07) is 19.9. The molecule has 1 N–H and O–H groups in total. The van der Waals surface area contributed by atoms with E-state index in [0.29, 0.717) is 18.6 Å². The summed E-state index contributed by atoms with van der Waals surface area (Å²) in [5, 5.41) is 0. The maximum Gasteiger partial charge on any atom is 0.265 e. The minimum Gasteiger partial charge on any atom is -0.493 e. The minimum absolute atomic E-state index is 0.0616. The Morgan fingerprint density at radius 1 is 0.971 bits per heavy atom. The highest BCUT2D eigenvalue weighted by atomic mass is 32.2. The van der Waals surface area contributed by atoms with Gasteiger partial charge in [0.1, 0.15) is 5.75 Å². The second kappa shape index (κ2) is 10.6. The van der Waals surface area contributed by atoms with E-state index in [1.165, 1.54) is 0 Å². The molecule has 3 aromatic rings. The topological polar surface area (TPSA) is 72.5 Å². The van der Waals surface area contributed by atoms with Crippen LogP contribution >= 0.6 is 0 Å². The van der Waals surface area contributed by atoms with Crippen molar-refractivity contribution in [3.8, 4) is 16.9 Å². The number of rotatable bonds is 8. The van der Waals surface area contributed by atoms with Gasteiger partial charge in [-0.25, -0.2) is 13.1 Å². The van der Waals surface area contributed by atoms with E-state index in [9.17, 15) is 13.2 Å². The van der Waals surface area contributed by atoms with Crippen molar-refractivity contribution in [2.75, 3.05) is 6.61 Å².